The van der Waals surface area contributed by atoms with Gasteiger partial charge >= 0.3 is 6.03 Å². The number of nitriles is 1. The van der Waals surface area contributed by atoms with Gasteiger partial charge in [-0.2, -0.15) is 5.26 Å². The monoisotopic (exact) mass is 399 g/mol. The van der Waals surface area contributed by atoms with Gasteiger partial charge in [-0.25, -0.2) is 9.78 Å². The summed E-state index contributed by atoms with van der Waals surface area (Å²) in [5.41, 5.74) is 1.72. The number of anilines is 1. The maximum absolute atomic E-state index is 12.3. The van der Waals surface area contributed by atoms with E-state index in [-0.39, 0.29) is 6.03 Å². The molecule has 6 nitrogen and oxygen atoms in total. The molecule has 0 atom stereocenters. The quantitative estimate of drug-likeness (QED) is 0.683. The zero-order valence-corrected chi connectivity index (χ0v) is 16.8. The Hall–Kier alpha value is -3.59. The number of fused-ring (bicyclic) bond motifs is 1. The number of carbonyl (C=O) groups excluding carboxylic acids is 1. The number of hydrogen-bond donors (Lipinski definition) is 2. The molecule has 0 radical (unpaired) electrons. The van der Waals surface area contributed by atoms with Crippen molar-refractivity contribution in [3.05, 3.63) is 71.9 Å². The van der Waals surface area contributed by atoms with Crippen molar-refractivity contribution < 1.29 is 4.79 Å². The van der Waals surface area contributed by atoms with E-state index in [1.54, 1.807) is 18.3 Å². The largest absolute Gasteiger partial charge is 0.356 e. The van der Waals surface area contributed by atoms with Crippen LogP contribution >= 0.6 is 0 Å². The third kappa shape index (κ3) is 4.52. The summed E-state index contributed by atoms with van der Waals surface area (Å²) in [4.78, 5) is 18.8. The lowest BCUT2D eigenvalue weighted by molar-refractivity contribution is 0.237. The molecule has 1 saturated heterocycles. The highest BCUT2D eigenvalue weighted by Crippen LogP contribution is 2.24. The molecule has 0 saturated carbocycles. The van der Waals surface area contributed by atoms with E-state index in [9.17, 15) is 10.1 Å². The third-order valence-electron chi connectivity index (χ3n) is 5.69. The number of amides is 2. The topological polar surface area (TPSA) is 81.1 Å². The average molecular weight is 399 g/mol. The summed E-state index contributed by atoms with van der Waals surface area (Å²) >= 11 is 0. The van der Waals surface area contributed by atoms with Crippen LogP contribution in [0.25, 0.3) is 10.8 Å². The molecule has 1 aliphatic heterocycles. The van der Waals surface area contributed by atoms with E-state index in [1.807, 2.05) is 24.3 Å². The van der Waals surface area contributed by atoms with E-state index in [1.165, 1.54) is 10.8 Å². The fourth-order valence-electron chi connectivity index (χ4n) is 4.01. The fraction of sp³-hybridized carbons (Fsp3) is 0.292. The standard InChI is InChI=1S/C24H25N5O/c25-15-20-8-4-12-26-23(20)29-13-10-18(11-14-29)16-27-24(30)28-17-21-7-3-6-19-5-1-2-9-22(19)21/h1-9,12,18H,10-11,13-14,16-17H2,(H2,27,28,30). The smallest absolute Gasteiger partial charge is 0.315 e. The summed E-state index contributed by atoms with van der Waals surface area (Å²) in [5, 5.41) is 17.6. The van der Waals surface area contributed by atoms with Gasteiger partial charge in [0, 0.05) is 32.4 Å². The second-order valence-electron chi connectivity index (χ2n) is 7.62. The third-order valence-corrected chi connectivity index (χ3v) is 5.69. The lowest BCUT2D eigenvalue weighted by Crippen LogP contribution is -2.42. The van der Waals surface area contributed by atoms with Gasteiger partial charge < -0.3 is 15.5 Å². The molecular formula is C24H25N5O. The molecule has 2 amide bonds. The molecule has 1 aromatic heterocycles. The number of pyridine rings is 1. The van der Waals surface area contributed by atoms with E-state index >= 15 is 0 Å². The van der Waals surface area contributed by atoms with Crippen molar-refractivity contribution in [2.75, 3.05) is 24.5 Å². The second-order valence-corrected chi connectivity index (χ2v) is 7.62. The van der Waals surface area contributed by atoms with Crippen molar-refractivity contribution >= 4 is 22.6 Å². The van der Waals surface area contributed by atoms with Gasteiger partial charge in [0.25, 0.3) is 0 Å². The highest BCUT2D eigenvalue weighted by Gasteiger charge is 2.22. The maximum Gasteiger partial charge on any atom is 0.315 e. The van der Waals surface area contributed by atoms with Gasteiger partial charge in [0.05, 0.1) is 5.56 Å². The molecule has 4 rings (SSSR count). The molecule has 0 unspecified atom stereocenters. The first kappa shape index (κ1) is 19.7. The number of rotatable bonds is 5. The summed E-state index contributed by atoms with van der Waals surface area (Å²) in [6, 6.07) is 20.0. The van der Waals surface area contributed by atoms with E-state index < -0.39 is 0 Å². The maximum atomic E-state index is 12.3. The number of carbonyl (C=O) groups is 1. The van der Waals surface area contributed by atoms with Crippen LogP contribution in [0.3, 0.4) is 0 Å². The van der Waals surface area contributed by atoms with Crippen LogP contribution in [0, 0.1) is 17.2 Å². The number of hydrogen-bond acceptors (Lipinski definition) is 4. The molecule has 2 heterocycles. The minimum atomic E-state index is -0.137. The molecule has 6 heteroatoms. The highest BCUT2D eigenvalue weighted by atomic mass is 16.2. The van der Waals surface area contributed by atoms with Gasteiger partial charge in [0.15, 0.2) is 0 Å². The Labute approximate surface area is 176 Å². The van der Waals surface area contributed by atoms with E-state index in [2.05, 4.69) is 44.8 Å². The van der Waals surface area contributed by atoms with E-state index in [4.69, 9.17) is 0 Å². The summed E-state index contributed by atoms with van der Waals surface area (Å²) in [5.74, 6) is 1.19. The zero-order chi connectivity index (χ0) is 20.8. The van der Waals surface area contributed by atoms with Gasteiger partial charge in [0.2, 0.25) is 0 Å². The molecule has 1 aliphatic rings. The molecule has 2 N–H and O–H groups in total. The Bertz CT molecular complexity index is 1060. The van der Waals surface area contributed by atoms with Crippen LogP contribution < -0.4 is 15.5 Å². The van der Waals surface area contributed by atoms with Crippen LogP contribution in [-0.2, 0) is 6.54 Å². The first-order valence-corrected chi connectivity index (χ1v) is 10.3. The number of piperidine rings is 1. The summed E-state index contributed by atoms with van der Waals surface area (Å²) in [6.45, 7) is 2.84. The molecule has 2 aromatic carbocycles. The molecule has 1 fully saturated rings. The molecular weight excluding hydrogens is 374 g/mol. The van der Waals surface area contributed by atoms with Crippen LogP contribution in [0.5, 0.6) is 0 Å². The average Bonchev–Trinajstić information content (AvgIpc) is 2.81. The first-order valence-electron chi connectivity index (χ1n) is 10.3. The Morgan fingerprint density at radius 2 is 1.87 bits per heavy atom. The minimum absolute atomic E-state index is 0.137. The lowest BCUT2D eigenvalue weighted by atomic mass is 9.96. The number of benzene rings is 2. The van der Waals surface area contributed by atoms with Crippen molar-refractivity contribution in [1.82, 2.24) is 15.6 Å². The summed E-state index contributed by atoms with van der Waals surface area (Å²) in [7, 11) is 0. The zero-order valence-electron chi connectivity index (χ0n) is 16.8. The SMILES string of the molecule is N#Cc1cccnc1N1CCC(CNC(=O)NCc2cccc3ccccc23)CC1. The van der Waals surface area contributed by atoms with E-state index in [0.29, 0.717) is 24.6 Å². The Kier molecular flexibility index (Phi) is 6.09. The van der Waals surface area contributed by atoms with Crippen molar-refractivity contribution in [1.29, 1.82) is 5.26 Å². The second kappa shape index (κ2) is 9.27. The summed E-state index contributed by atoms with van der Waals surface area (Å²) in [6.07, 6.45) is 3.65. The van der Waals surface area contributed by atoms with Gasteiger partial charge in [-0.05, 0) is 47.2 Å². The predicted molar refractivity (Wildman–Crippen MR) is 118 cm³/mol. The number of urea groups is 1. The van der Waals surface area contributed by atoms with Crippen LogP contribution in [0.1, 0.15) is 24.0 Å². The van der Waals surface area contributed by atoms with Gasteiger partial charge in [-0.3, -0.25) is 0 Å². The number of nitrogens with one attached hydrogen (secondary N) is 2. The fourth-order valence-corrected chi connectivity index (χ4v) is 4.01. The predicted octanol–water partition coefficient (Wildman–Crippen LogP) is 3.82. The molecule has 0 spiro atoms. The normalized spacial score (nSPS) is 14.3. The minimum Gasteiger partial charge on any atom is -0.356 e. The van der Waals surface area contributed by atoms with Gasteiger partial charge in [-0.1, -0.05) is 42.5 Å². The van der Waals surface area contributed by atoms with E-state index in [0.717, 1.165) is 37.3 Å². The van der Waals surface area contributed by atoms with Crippen molar-refractivity contribution in [3.63, 3.8) is 0 Å². The number of nitrogens with zero attached hydrogens (tertiary/aromatic N) is 3. The molecule has 30 heavy (non-hydrogen) atoms. The summed E-state index contributed by atoms with van der Waals surface area (Å²) < 4.78 is 0. The van der Waals surface area contributed by atoms with Crippen LogP contribution in [0.15, 0.2) is 60.8 Å². The Balaban J connectivity index is 1.24. The van der Waals surface area contributed by atoms with Crippen LogP contribution in [0.4, 0.5) is 10.6 Å². The molecule has 0 bridgehead atoms. The molecule has 152 valence electrons. The molecule has 3 aromatic rings. The van der Waals surface area contributed by atoms with Gasteiger partial charge in [-0.15, -0.1) is 0 Å². The lowest BCUT2D eigenvalue weighted by Gasteiger charge is -2.33. The van der Waals surface area contributed by atoms with Crippen LogP contribution in [0.2, 0.25) is 0 Å². The van der Waals surface area contributed by atoms with Crippen molar-refractivity contribution in [2.24, 2.45) is 5.92 Å². The van der Waals surface area contributed by atoms with Crippen molar-refractivity contribution in [3.8, 4) is 6.07 Å². The highest BCUT2D eigenvalue weighted by molar-refractivity contribution is 5.86. The Morgan fingerprint density at radius 3 is 2.70 bits per heavy atom. The number of aromatic nitrogens is 1. The molecule has 0 aliphatic carbocycles. The first-order chi connectivity index (χ1) is 14.7. The van der Waals surface area contributed by atoms with Crippen molar-refractivity contribution in [2.45, 2.75) is 19.4 Å². The van der Waals surface area contributed by atoms with Crippen LogP contribution in [-0.4, -0.2) is 30.6 Å². The van der Waals surface area contributed by atoms with Gasteiger partial charge in [0.1, 0.15) is 11.9 Å². The Morgan fingerprint density at radius 1 is 1.07 bits per heavy atom.